The SMILES string of the molecule is NC(=O)CC[C@@H](NC(=O)c1c(F)cc(F)cc1F)C(=O)O. The third kappa shape index (κ3) is 4.48. The van der Waals surface area contributed by atoms with Crippen LogP contribution in [0.2, 0.25) is 0 Å². The molecule has 0 unspecified atom stereocenters. The van der Waals surface area contributed by atoms with Crippen LogP contribution in [-0.2, 0) is 9.59 Å². The molecule has 0 radical (unpaired) electrons. The lowest BCUT2D eigenvalue weighted by atomic mass is 10.1. The highest BCUT2D eigenvalue weighted by atomic mass is 19.1. The average molecular weight is 304 g/mol. The normalized spacial score (nSPS) is 11.8. The van der Waals surface area contributed by atoms with E-state index in [0.29, 0.717) is 0 Å². The molecule has 1 aromatic carbocycles. The number of hydrogen-bond acceptors (Lipinski definition) is 3. The summed E-state index contributed by atoms with van der Waals surface area (Å²) in [4.78, 5) is 33.1. The predicted octanol–water partition coefficient (Wildman–Crippen LogP) is 0.552. The number of nitrogens with one attached hydrogen (secondary N) is 1. The Hall–Kier alpha value is -2.58. The Balaban J connectivity index is 2.92. The van der Waals surface area contributed by atoms with Crippen molar-refractivity contribution in [2.24, 2.45) is 5.73 Å². The van der Waals surface area contributed by atoms with E-state index >= 15 is 0 Å². The van der Waals surface area contributed by atoms with E-state index in [2.05, 4.69) is 0 Å². The van der Waals surface area contributed by atoms with Crippen molar-refractivity contribution in [2.75, 3.05) is 0 Å². The minimum absolute atomic E-state index is 0.289. The van der Waals surface area contributed by atoms with Gasteiger partial charge in [-0.1, -0.05) is 0 Å². The Bertz CT molecular complexity index is 569. The molecule has 2 amide bonds. The number of carbonyl (C=O) groups is 3. The van der Waals surface area contributed by atoms with Gasteiger partial charge in [-0.05, 0) is 6.42 Å². The van der Waals surface area contributed by atoms with Gasteiger partial charge in [0, 0.05) is 18.6 Å². The fourth-order valence-corrected chi connectivity index (χ4v) is 1.53. The van der Waals surface area contributed by atoms with Crippen molar-refractivity contribution in [3.8, 4) is 0 Å². The Morgan fingerprint density at radius 2 is 1.71 bits per heavy atom. The lowest BCUT2D eigenvalue weighted by molar-refractivity contribution is -0.139. The van der Waals surface area contributed by atoms with Crippen molar-refractivity contribution in [3.05, 3.63) is 35.1 Å². The highest BCUT2D eigenvalue weighted by Crippen LogP contribution is 2.15. The van der Waals surface area contributed by atoms with Gasteiger partial charge in [0.25, 0.3) is 5.91 Å². The molecule has 0 aliphatic carbocycles. The molecule has 0 fully saturated rings. The van der Waals surface area contributed by atoms with Crippen LogP contribution < -0.4 is 11.1 Å². The summed E-state index contributed by atoms with van der Waals surface area (Å²) in [5.74, 6) is -7.83. The van der Waals surface area contributed by atoms with Crippen LogP contribution in [0, 0.1) is 17.5 Å². The largest absolute Gasteiger partial charge is 0.480 e. The van der Waals surface area contributed by atoms with Gasteiger partial charge in [0.15, 0.2) is 0 Å². The number of rotatable bonds is 6. The summed E-state index contributed by atoms with van der Waals surface area (Å²) in [5.41, 5.74) is 3.73. The highest BCUT2D eigenvalue weighted by Gasteiger charge is 2.25. The van der Waals surface area contributed by atoms with E-state index in [9.17, 15) is 27.6 Å². The fraction of sp³-hybridized carbons (Fsp3) is 0.250. The van der Waals surface area contributed by atoms with Gasteiger partial charge >= 0.3 is 5.97 Å². The van der Waals surface area contributed by atoms with Crippen molar-refractivity contribution in [1.29, 1.82) is 0 Å². The van der Waals surface area contributed by atoms with Gasteiger partial charge < -0.3 is 16.2 Å². The number of carboxylic acid groups (broad SMARTS) is 1. The summed E-state index contributed by atoms with van der Waals surface area (Å²) in [6, 6.07) is -0.984. The molecule has 0 aromatic heterocycles. The molecule has 114 valence electrons. The monoisotopic (exact) mass is 304 g/mol. The summed E-state index contributed by atoms with van der Waals surface area (Å²) < 4.78 is 39.4. The smallest absolute Gasteiger partial charge is 0.326 e. The van der Waals surface area contributed by atoms with E-state index in [0.717, 1.165) is 0 Å². The number of amides is 2. The molecule has 0 saturated carbocycles. The first-order valence-electron chi connectivity index (χ1n) is 5.69. The molecular formula is C12H11F3N2O4. The quantitative estimate of drug-likeness (QED) is 0.713. The molecule has 9 heteroatoms. The first kappa shape index (κ1) is 16.5. The van der Waals surface area contributed by atoms with Gasteiger partial charge in [0.05, 0.1) is 0 Å². The summed E-state index contributed by atoms with van der Waals surface area (Å²) >= 11 is 0. The minimum atomic E-state index is -1.56. The zero-order valence-corrected chi connectivity index (χ0v) is 10.5. The van der Waals surface area contributed by atoms with Gasteiger partial charge in [-0.25, -0.2) is 18.0 Å². The number of nitrogens with two attached hydrogens (primary N) is 1. The van der Waals surface area contributed by atoms with Crippen LogP contribution >= 0.6 is 0 Å². The van der Waals surface area contributed by atoms with Crippen molar-refractivity contribution >= 4 is 17.8 Å². The Morgan fingerprint density at radius 3 is 2.14 bits per heavy atom. The van der Waals surface area contributed by atoms with E-state index in [4.69, 9.17) is 10.8 Å². The summed E-state index contributed by atoms with van der Waals surface area (Å²) in [6.45, 7) is 0. The van der Waals surface area contributed by atoms with Gasteiger partial charge in [-0.15, -0.1) is 0 Å². The number of carboxylic acids is 1. The second-order valence-corrected chi connectivity index (χ2v) is 4.11. The van der Waals surface area contributed by atoms with Crippen molar-refractivity contribution in [2.45, 2.75) is 18.9 Å². The zero-order chi connectivity index (χ0) is 16.2. The molecule has 1 rings (SSSR count). The van der Waals surface area contributed by atoms with Crippen LogP contribution in [0.15, 0.2) is 12.1 Å². The van der Waals surface area contributed by atoms with Crippen LogP contribution in [0.4, 0.5) is 13.2 Å². The third-order valence-corrected chi connectivity index (χ3v) is 2.52. The van der Waals surface area contributed by atoms with Gasteiger partial charge in [-0.3, -0.25) is 9.59 Å². The van der Waals surface area contributed by atoms with E-state index in [1.807, 2.05) is 5.32 Å². The lowest BCUT2D eigenvalue weighted by Crippen LogP contribution is -2.42. The Morgan fingerprint density at radius 1 is 1.19 bits per heavy atom. The molecule has 0 heterocycles. The zero-order valence-electron chi connectivity index (χ0n) is 10.5. The number of halogens is 3. The molecule has 21 heavy (non-hydrogen) atoms. The standard InChI is InChI=1S/C12H11F3N2O4/c13-5-3-6(14)10(7(15)4-5)11(19)17-8(12(20)21)1-2-9(16)18/h3-4,8H,1-2H2,(H2,16,18)(H,17,19)(H,20,21)/t8-/m1/s1. The topological polar surface area (TPSA) is 109 Å². The first-order chi connectivity index (χ1) is 9.72. The summed E-state index contributed by atoms with van der Waals surface area (Å²) in [5, 5.41) is 10.7. The van der Waals surface area contributed by atoms with Crippen LogP contribution in [-0.4, -0.2) is 28.9 Å². The van der Waals surface area contributed by atoms with E-state index in [1.165, 1.54) is 0 Å². The van der Waals surface area contributed by atoms with Crippen molar-refractivity contribution in [1.82, 2.24) is 5.32 Å². The molecule has 4 N–H and O–H groups in total. The maximum Gasteiger partial charge on any atom is 0.326 e. The third-order valence-electron chi connectivity index (χ3n) is 2.52. The molecule has 0 aliphatic heterocycles. The van der Waals surface area contributed by atoms with E-state index in [-0.39, 0.29) is 25.0 Å². The van der Waals surface area contributed by atoms with Crippen LogP contribution in [0.5, 0.6) is 0 Å². The first-order valence-corrected chi connectivity index (χ1v) is 5.69. The average Bonchev–Trinajstić information content (AvgIpc) is 2.32. The highest BCUT2D eigenvalue weighted by molar-refractivity contribution is 5.97. The molecule has 1 aromatic rings. The van der Waals surface area contributed by atoms with Crippen LogP contribution in [0.1, 0.15) is 23.2 Å². The molecule has 0 spiro atoms. The minimum Gasteiger partial charge on any atom is -0.480 e. The number of hydrogen-bond donors (Lipinski definition) is 3. The fourth-order valence-electron chi connectivity index (χ4n) is 1.53. The maximum atomic E-state index is 13.4. The van der Waals surface area contributed by atoms with Crippen LogP contribution in [0.25, 0.3) is 0 Å². The van der Waals surface area contributed by atoms with Crippen molar-refractivity contribution in [3.63, 3.8) is 0 Å². The van der Waals surface area contributed by atoms with Gasteiger partial charge in [0.2, 0.25) is 5.91 Å². The molecule has 0 bridgehead atoms. The Labute approximate surface area is 116 Å². The summed E-state index contributed by atoms with van der Waals surface area (Å²) in [6.07, 6.45) is -0.688. The van der Waals surface area contributed by atoms with E-state index in [1.54, 1.807) is 0 Å². The molecule has 0 saturated heterocycles. The number of aliphatic carboxylic acids is 1. The number of primary amides is 1. The summed E-state index contributed by atoms with van der Waals surface area (Å²) in [7, 11) is 0. The van der Waals surface area contributed by atoms with Crippen LogP contribution in [0.3, 0.4) is 0 Å². The molecule has 0 aliphatic rings. The second kappa shape index (κ2) is 6.73. The molecule has 6 nitrogen and oxygen atoms in total. The number of benzene rings is 1. The van der Waals surface area contributed by atoms with Crippen molar-refractivity contribution < 1.29 is 32.7 Å². The second-order valence-electron chi connectivity index (χ2n) is 4.11. The molecular weight excluding hydrogens is 293 g/mol. The number of carbonyl (C=O) groups excluding carboxylic acids is 2. The van der Waals surface area contributed by atoms with Gasteiger partial charge in [0.1, 0.15) is 29.1 Å². The lowest BCUT2D eigenvalue weighted by Gasteiger charge is -2.14. The van der Waals surface area contributed by atoms with Gasteiger partial charge in [-0.2, -0.15) is 0 Å². The van der Waals surface area contributed by atoms with E-state index < -0.39 is 46.8 Å². The molecule has 1 atom stereocenters. The predicted molar refractivity (Wildman–Crippen MR) is 63.6 cm³/mol. The Kier molecular flexibility index (Phi) is 5.28. The maximum absolute atomic E-state index is 13.4.